The molecular weight excluding hydrogens is 394 g/mol. The minimum Gasteiger partial charge on any atom is -0.497 e. The first-order valence-corrected chi connectivity index (χ1v) is 10.5. The van der Waals surface area contributed by atoms with E-state index in [0.29, 0.717) is 48.3 Å². The molecule has 1 atom stereocenters. The highest BCUT2D eigenvalue weighted by atomic mass is 32.2. The molecule has 0 saturated carbocycles. The van der Waals surface area contributed by atoms with Crippen LogP contribution in [-0.2, 0) is 24.1 Å². The van der Waals surface area contributed by atoms with Gasteiger partial charge in [-0.1, -0.05) is 12.1 Å². The van der Waals surface area contributed by atoms with E-state index in [4.69, 9.17) is 24.1 Å². The number of hydrogen-bond donors (Lipinski definition) is 1. The van der Waals surface area contributed by atoms with Gasteiger partial charge in [0, 0.05) is 48.7 Å². The van der Waals surface area contributed by atoms with Crippen molar-refractivity contribution in [2.24, 2.45) is 0 Å². The monoisotopic (exact) mass is 423 g/mol. The van der Waals surface area contributed by atoms with Crippen LogP contribution in [0.5, 0.6) is 23.0 Å². The number of aliphatic hydroxyl groups excluding tert-OH is 1. The van der Waals surface area contributed by atoms with Gasteiger partial charge in [-0.2, -0.15) is 0 Å². The number of benzene rings is 2. The van der Waals surface area contributed by atoms with Crippen LogP contribution in [-0.4, -0.2) is 54.4 Å². The molecule has 0 spiro atoms. The van der Waals surface area contributed by atoms with Crippen molar-refractivity contribution in [1.29, 1.82) is 0 Å². The smallest absolute Gasteiger partial charge is 0.127 e. The fourth-order valence-electron chi connectivity index (χ4n) is 2.86. The Morgan fingerprint density at radius 1 is 0.828 bits per heavy atom. The number of ether oxygens (including phenoxy) is 4. The van der Waals surface area contributed by atoms with Crippen molar-refractivity contribution < 1.29 is 28.3 Å². The molecule has 0 saturated heterocycles. The summed E-state index contributed by atoms with van der Waals surface area (Å²) in [5.74, 6) is 3.07. The molecule has 29 heavy (non-hydrogen) atoms. The van der Waals surface area contributed by atoms with Gasteiger partial charge in [-0.05, 0) is 18.6 Å². The first-order chi connectivity index (χ1) is 14.1. The van der Waals surface area contributed by atoms with E-state index in [0.717, 1.165) is 11.1 Å². The summed E-state index contributed by atoms with van der Waals surface area (Å²) in [4.78, 5) is 0. The Kier molecular flexibility index (Phi) is 9.24. The van der Waals surface area contributed by atoms with Crippen LogP contribution in [0.15, 0.2) is 36.4 Å². The van der Waals surface area contributed by atoms with Crippen LogP contribution in [0.1, 0.15) is 17.5 Å². The Balaban J connectivity index is 2.32. The summed E-state index contributed by atoms with van der Waals surface area (Å²) >= 11 is 0. The van der Waals surface area contributed by atoms with Crippen molar-refractivity contribution in [3.05, 3.63) is 47.5 Å². The molecule has 0 radical (unpaired) electrons. The zero-order chi connectivity index (χ0) is 21.2. The van der Waals surface area contributed by atoms with Crippen LogP contribution in [0.3, 0.4) is 0 Å². The molecule has 160 valence electrons. The molecule has 2 aromatic carbocycles. The maximum Gasteiger partial charge on any atom is 0.127 e. The number of hydrogen-bond acceptors (Lipinski definition) is 6. The SMILES string of the molecule is COc1ccc(CN(Cc2ccc(OC)cc2OC)S(=O)CCCO)c(OC)c1. The van der Waals surface area contributed by atoms with E-state index in [-0.39, 0.29) is 6.61 Å². The second kappa shape index (κ2) is 11.6. The molecule has 0 fully saturated rings. The Labute approximate surface area is 174 Å². The molecule has 2 aromatic rings. The fourth-order valence-corrected chi connectivity index (χ4v) is 4.06. The standard InChI is InChI=1S/C21H29NO6S/c1-25-18-8-6-16(20(12-18)27-3)14-22(29(24)11-5-10-23)15-17-7-9-19(26-2)13-21(17)28-4/h6-9,12-13,23H,5,10-11,14-15H2,1-4H3. The minimum atomic E-state index is -1.29. The molecule has 1 unspecified atom stereocenters. The van der Waals surface area contributed by atoms with Crippen molar-refractivity contribution in [1.82, 2.24) is 4.31 Å². The van der Waals surface area contributed by atoms with Gasteiger partial charge in [0.25, 0.3) is 0 Å². The summed E-state index contributed by atoms with van der Waals surface area (Å²) in [7, 11) is 5.09. The zero-order valence-electron chi connectivity index (χ0n) is 17.3. The Morgan fingerprint density at radius 2 is 1.31 bits per heavy atom. The van der Waals surface area contributed by atoms with E-state index in [1.807, 2.05) is 28.6 Å². The van der Waals surface area contributed by atoms with Gasteiger partial charge in [0.05, 0.1) is 39.4 Å². The lowest BCUT2D eigenvalue weighted by Gasteiger charge is -2.23. The third kappa shape index (κ3) is 6.35. The average Bonchev–Trinajstić information content (AvgIpc) is 2.77. The molecule has 0 amide bonds. The largest absolute Gasteiger partial charge is 0.497 e. The van der Waals surface area contributed by atoms with Crippen LogP contribution in [0, 0.1) is 0 Å². The number of aliphatic hydroxyl groups is 1. The van der Waals surface area contributed by atoms with E-state index < -0.39 is 11.0 Å². The van der Waals surface area contributed by atoms with Crippen LogP contribution in [0.4, 0.5) is 0 Å². The van der Waals surface area contributed by atoms with Gasteiger partial charge >= 0.3 is 0 Å². The van der Waals surface area contributed by atoms with Crippen molar-refractivity contribution >= 4 is 11.0 Å². The highest BCUT2D eigenvalue weighted by molar-refractivity contribution is 7.82. The van der Waals surface area contributed by atoms with Gasteiger partial charge in [-0.25, -0.2) is 8.51 Å². The van der Waals surface area contributed by atoms with Crippen molar-refractivity contribution in [3.63, 3.8) is 0 Å². The molecule has 0 aliphatic rings. The molecule has 7 nitrogen and oxygen atoms in total. The van der Waals surface area contributed by atoms with Gasteiger partial charge < -0.3 is 24.1 Å². The second-order valence-electron chi connectivity index (χ2n) is 6.26. The van der Waals surface area contributed by atoms with Gasteiger partial charge in [-0.15, -0.1) is 0 Å². The molecular formula is C21H29NO6S. The zero-order valence-corrected chi connectivity index (χ0v) is 18.2. The van der Waals surface area contributed by atoms with E-state index in [9.17, 15) is 4.21 Å². The summed E-state index contributed by atoms with van der Waals surface area (Å²) < 4.78 is 36.3. The third-order valence-corrected chi connectivity index (χ3v) is 5.92. The molecule has 0 bridgehead atoms. The van der Waals surface area contributed by atoms with E-state index in [1.54, 1.807) is 40.6 Å². The Morgan fingerprint density at radius 3 is 1.69 bits per heavy atom. The van der Waals surface area contributed by atoms with Gasteiger partial charge in [0.15, 0.2) is 0 Å². The highest BCUT2D eigenvalue weighted by Crippen LogP contribution is 2.29. The lowest BCUT2D eigenvalue weighted by molar-refractivity contribution is 0.294. The summed E-state index contributed by atoms with van der Waals surface area (Å²) in [6.45, 7) is 0.804. The second-order valence-corrected chi connectivity index (χ2v) is 7.82. The van der Waals surface area contributed by atoms with Crippen LogP contribution in [0.2, 0.25) is 0 Å². The van der Waals surface area contributed by atoms with Gasteiger partial charge in [0.2, 0.25) is 0 Å². The number of rotatable bonds is 12. The minimum absolute atomic E-state index is 0.00268. The maximum absolute atomic E-state index is 13.0. The predicted octanol–water partition coefficient (Wildman–Crippen LogP) is 2.77. The Bertz CT molecular complexity index is 756. The van der Waals surface area contributed by atoms with Crippen LogP contribution < -0.4 is 18.9 Å². The number of nitrogens with zero attached hydrogens (tertiary/aromatic N) is 1. The molecule has 0 aliphatic carbocycles. The number of methoxy groups -OCH3 is 4. The Hall–Kier alpha value is -2.29. The summed E-state index contributed by atoms with van der Waals surface area (Å²) in [5.41, 5.74) is 1.77. The molecule has 0 aliphatic heterocycles. The molecule has 1 N–H and O–H groups in total. The summed E-state index contributed by atoms with van der Waals surface area (Å²) in [6.07, 6.45) is 0.461. The van der Waals surface area contributed by atoms with E-state index >= 15 is 0 Å². The molecule has 0 aromatic heterocycles. The van der Waals surface area contributed by atoms with Gasteiger partial charge in [0.1, 0.15) is 23.0 Å². The van der Waals surface area contributed by atoms with Crippen molar-refractivity contribution in [2.45, 2.75) is 19.5 Å². The average molecular weight is 424 g/mol. The van der Waals surface area contributed by atoms with E-state index in [1.165, 1.54) is 0 Å². The summed E-state index contributed by atoms with van der Waals surface area (Å²) in [5, 5.41) is 9.14. The quantitative estimate of drug-likeness (QED) is 0.566. The molecule has 8 heteroatoms. The maximum atomic E-state index is 13.0. The summed E-state index contributed by atoms with van der Waals surface area (Å²) in [6, 6.07) is 11.1. The molecule has 0 heterocycles. The first-order valence-electron chi connectivity index (χ1n) is 9.22. The lowest BCUT2D eigenvalue weighted by Crippen LogP contribution is -2.28. The fraction of sp³-hybridized carbons (Fsp3) is 0.429. The lowest BCUT2D eigenvalue weighted by atomic mass is 10.1. The van der Waals surface area contributed by atoms with E-state index in [2.05, 4.69) is 0 Å². The normalized spacial score (nSPS) is 11.9. The van der Waals surface area contributed by atoms with Crippen molar-refractivity contribution in [3.8, 4) is 23.0 Å². The predicted molar refractivity (Wildman–Crippen MR) is 113 cm³/mol. The first kappa shape index (κ1) is 23.0. The molecule has 2 rings (SSSR count). The van der Waals surface area contributed by atoms with Crippen LogP contribution >= 0.6 is 0 Å². The third-order valence-electron chi connectivity index (χ3n) is 4.45. The van der Waals surface area contributed by atoms with Crippen molar-refractivity contribution in [2.75, 3.05) is 40.8 Å². The topological polar surface area (TPSA) is 77.5 Å². The van der Waals surface area contributed by atoms with Crippen LogP contribution in [0.25, 0.3) is 0 Å². The highest BCUT2D eigenvalue weighted by Gasteiger charge is 2.19. The van der Waals surface area contributed by atoms with Gasteiger partial charge in [-0.3, -0.25) is 0 Å².